The summed E-state index contributed by atoms with van der Waals surface area (Å²) in [6, 6.07) is 9.50. The molecule has 2 rings (SSSR count). The van der Waals surface area contributed by atoms with Crippen molar-refractivity contribution in [1.29, 1.82) is 0 Å². The van der Waals surface area contributed by atoms with E-state index in [0.29, 0.717) is 19.7 Å². The monoisotopic (exact) mass is 275 g/mol. The number of esters is 1. The maximum absolute atomic E-state index is 11.7. The zero-order valence-corrected chi connectivity index (χ0v) is 11.4. The normalized spacial score (nSPS) is 13.4. The molecule has 5 heteroatoms. The minimum Gasteiger partial charge on any atom is -0.463 e. The number of ether oxygens (including phenoxy) is 2. The summed E-state index contributed by atoms with van der Waals surface area (Å²) in [5, 5.41) is 0. The van der Waals surface area contributed by atoms with Gasteiger partial charge in [-0.15, -0.1) is 0 Å². The lowest BCUT2D eigenvalue weighted by atomic mass is 10.1. The van der Waals surface area contributed by atoms with Gasteiger partial charge in [-0.25, -0.2) is 9.59 Å². The molecule has 1 aliphatic rings. The third kappa shape index (κ3) is 3.85. The highest BCUT2D eigenvalue weighted by Gasteiger charge is 2.27. The van der Waals surface area contributed by atoms with Crippen LogP contribution < -0.4 is 0 Å². The van der Waals surface area contributed by atoms with Gasteiger partial charge in [-0.3, -0.25) is 0 Å². The average molecular weight is 275 g/mol. The first-order valence-corrected chi connectivity index (χ1v) is 6.51. The number of likely N-dealkylation sites (tertiary alicyclic amines) is 1. The molecule has 106 valence electrons. The van der Waals surface area contributed by atoms with E-state index < -0.39 is 0 Å². The number of hydrogen-bond donors (Lipinski definition) is 0. The van der Waals surface area contributed by atoms with E-state index in [1.807, 2.05) is 30.3 Å². The fourth-order valence-corrected chi connectivity index (χ4v) is 1.83. The molecule has 0 saturated carbocycles. The second-order valence-corrected chi connectivity index (χ2v) is 4.45. The maximum atomic E-state index is 11.7. The van der Waals surface area contributed by atoms with Crippen molar-refractivity contribution < 1.29 is 19.1 Å². The van der Waals surface area contributed by atoms with Crippen LogP contribution in [0, 0.1) is 0 Å². The molecule has 0 unspecified atom stereocenters. The number of carbonyl (C=O) groups excluding carboxylic acids is 2. The van der Waals surface area contributed by atoms with Crippen LogP contribution >= 0.6 is 0 Å². The molecule has 0 N–H and O–H groups in total. The van der Waals surface area contributed by atoms with Crippen molar-refractivity contribution in [3.05, 3.63) is 47.5 Å². The third-order valence-corrected chi connectivity index (χ3v) is 2.86. The van der Waals surface area contributed by atoms with E-state index in [9.17, 15) is 9.59 Å². The maximum Gasteiger partial charge on any atom is 0.410 e. The van der Waals surface area contributed by atoms with Crippen LogP contribution in [-0.2, 0) is 20.9 Å². The molecular formula is C15H17NO4. The first kappa shape index (κ1) is 14.1. The molecule has 1 fully saturated rings. The summed E-state index contributed by atoms with van der Waals surface area (Å²) >= 11 is 0. The second kappa shape index (κ2) is 6.75. The van der Waals surface area contributed by atoms with Gasteiger partial charge >= 0.3 is 12.1 Å². The van der Waals surface area contributed by atoms with Crippen molar-refractivity contribution in [3.8, 4) is 0 Å². The number of hydrogen-bond acceptors (Lipinski definition) is 4. The number of carbonyl (C=O) groups is 2. The van der Waals surface area contributed by atoms with E-state index in [1.54, 1.807) is 6.92 Å². The summed E-state index contributed by atoms with van der Waals surface area (Å²) < 4.78 is 9.98. The van der Waals surface area contributed by atoms with Crippen LogP contribution in [0.2, 0.25) is 0 Å². The minimum atomic E-state index is -0.366. The largest absolute Gasteiger partial charge is 0.463 e. The molecule has 0 aromatic heterocycles. The molecule has 0 aliphatic carbocycles. The van der Waals surface area contributed by atoms with Crippen LogP contribution in [0.5, 0.6) is 0 Å². The van der Waals surface area contributed by atoms with Crippen LogP contribution in [0.1, 0.15) is 12.5 Å². The van der Waals surface area contributed by atoms with Gasteiger partial charge in [0.25, 0.3) is 0 Å². The number of benzene rings is 1. The van der Waals surface area contributed by atoms with E-state index >= 15 is 0 Å². The van der Waals surface area contributed by atoms with Crippen molar-refractivity contribution in [2.75, 3.05) is 19.7 Å². The summed E-state index contributed by atoms with van der Waals surface area (Å²) in [4.78, 5) is 24.5. The van der Waals surface area contributed by atoms with Gasteiger partial charge in [-0.05, 0) is 18.1 Å². The Hall–Kier alpha value is -2.30. The molecule has 1 aromatic rings. The van der Waals surface area contributed by atoms with Gasteiger partial charge in [-0.1, -0.05) is 30.3 Å². The average Bonchev–Trinajstić information content (AvgIpc) is 2.41. The first-order chi connectivity index (χ1) is 9.69. The molecule has 0 radical (unpaired) electrons. The lowest BCUT2D eigenvalue weighted by Gasteiger charge is -2.32. The molecule has 5 nitrogen and oxygen atoms in total. The third-order valence-electron chi connectivity index (χ3n) is 2.86. The Labute approximate surface area is 117 Å². The molecule has 1 aromatic carbocycles. The number of nitrogens with zero attached hydrogens (tertiary/aromatic N) is 1. The molecular weight excluding hydrogens is 258 g/mol. The zero-order valence-electron chi connectivity index (χ0n) is 11.4. The van der Waals surface area contributed by atoms with Crippen molar-refractivity contribution in [1.82, 2.24) is 4.90 Å². The summed E-state index contributed by atoms with van der Waals surface area (Å²) in [7, 11) is 0. The molecule has 1 heterocycles. The van der Waals surface area contributed by atoms with Gasteiger partial charge in [0.05, 0.1) is 6.61 Å². The van der Waals surface area contributed by atoms with E-state index in [0.717, 1.165) is 11.1 Å². The van der Waals surface area contributed by atoms with E-state index in [2.05, 4.69) is 0 Å². The van der Waals surface area contributed by atoms with Gasteiger partial charge in [0.15, 0.2) is 0 Å². The highest BCUT2D eigenvalue weighted by Crippen LogP contribution is 2.16. The van der Waals surface area contributed by atoms with Crippen molar-refractivity contribution in [2.45, 2.75) is 13.5 Å². The molecule has 1 saturated heterocycles. The van der Waals surface area contributed by atoms with Crippen molar-refractivity contribution in [3.63, 3.8) is 0 Å². The first-order valence-electron chi connectivity index (χ1n) is 6.51. The lowest BCUT2D eigenvalue weighted by molar-refractivity contribution is -0.137. The Kier molecular flexibility index (Phi) is 4.76. The molecule has 1 amide bonds. The smallest absolute Gasteiger partial charge is 0.410 e. The number of amides is 1. The predicted octanol–water partition coefficient (Wildman–Crippen LogP) is 2.13. The quantitative estimate of drug-likeness (QED) is 0.624. The predicted molar refractivity (Wildman–Crippen MR) is 72.9 cm³/mol. The number of rotatable bonds is 4. The highest BCUT2D eigenvalue weighted by atomic mass is 16.6. The fraction of sp³-hybridized carbons (Fsp3) is 0.333. The molecule has 20 heavy (non-hydrogen) atoms. The minimum absolute atomic E-state index is 0.257. The summed E-state index contributed by atoms with van der Waals surface area (Å²) in [6.45, 7) is 3.21. The van der Waals surface area contributed by atoms with E-state index in [4.69, 9.17) is 9.47 Å². The van der Waals surface area contributed by atoms with E-state index in [1.165, 1.54) is 11.0 Å². The van der Waals surface area contributed by atoms with Gasteiger partial charge in [0.2, 0.25) is 0 Å². The topological polar surface area (TPSA) is 55.8 Å². The summed E-state index contributed by atoms with van der Waals surface area (Å²) in [5.41, 5.74) is 1.82. The molecule has 0 atom stereocenters. The highest BCUT2D eigenvalue weighted by molar-refractivity contribution is 5.84. The molecule has 0 bridgehead atoms. The standard InChI is InChI=1S/C15H17NO4/c1-2-19-14(17)8-13-9-16(10-13)15(18)20-11-12-6-4-3-5-7-12/h3-8H,2,9-11H2,1H3. The van der Waals surface area contributed by atoms with E-state index in [-0.39, 0.29) is 18.7 Å². The van der Waals surface area contributed by atoms with Crippen LogP contribution in [0.15, 0.2) is 42.0 Å². The Balaban J connectivity index is 1.73. The van der Waals surface area contributed by atoms with Crippen molar-refractivity contribution >= 4 is 12.1 Å². The van der Waals surface area contributed by atoms with Crippen molar-refractivity contribution in [2.24, 2.45) is 0 Å². The van der Waals surface area contributed by atoms with Crippen LogP contribution in [0.3, 0.4) is 0 Å². The lowest BCUT2D eigenvalue weighted by Crippen LogP contribution is -2.45. The Morgan fingerprint density at radius 2 is 1.90 bits per heavy atom. The Morgan fingerprint density at radius 3 is 2.55 bits per heavy atom. The summed E-state index contributed by atoms with van der Waals surface area (Å²) in [6.07, 6.45) is 1.07. The van der Waals surface area contributed by atoms with Crippen LogP contribution in [0.4, 0.5) is 4.79 Å². The zero-order chi connectivity index (χ0) is 14.4. The van der Waals surface area contributed by atoms with Gasteiger partial charge in [0.1, 0.15) is 6.61 Å². The Bertz CT molecular complexity index is 502. The SMILES string of the molecule is CCOC(=O)C=C1CN(C(=O)OCc2ccccc2)C1. The Morgan fingerprint density at radius 1 is 1.20 bits per heavy atom. The molecule has 1 aliphatic heterocycles. The second-order valence-electron chi connectivity index (χ2n) is 4.45. The fourth-order valence-electron chi connectivity index (χ4n) is 1.83. The summed E-state index contributed by atoms with van der Waals surface area (Å²) in [5.74, 6) is -0.361. The van der Waals surface area contributed by atoms with Gasteiger partial charge in [0, 0.05) is 19.2 Å². The van der Waals surface area contributed by atoms with Gasteiger partial charge < -0.3 is 14.4 Å². The van der Waals surface area contributed by atoms with Gasteiger partial charge in [-0.2, -0.15) is 0 Å². The molecule has 0 spiro atoms. The van der Waals surface area contributed by atoms with Crippen LogP contribution in [0.25, 0.3) is 0 Å². The van der Waals surface area contributed by atoms with Crippen LogP contribution in [-0.4, -0.2) is 36.7 Å².